The van der Waals surface area contributed by atoms with Crippen LogP contribution in [0.25, 0.3) is 0 Å². The molecule has 0 amide bonds. The molecule has 0 fully saturated rings. The Labute approximate surface area is 89.3 Å². The largest absolute Gasteiger partial charge is 0.309 e. The predicted molar refractivity (Wildman–Crippen MR) is 60.7 cm³/mol. The van der Waals surface area contributed by atoms with E-state index in [9.17, 15) is 4.39 Å². The van der Waals surface area contributed by atoms with Gasteiger partial charge in [0.15, 0.2) is 0 Å². The first-order chi connectivity index (χ1) is 6.38. The van der Waals surface area contributed by atoms with Crippen molar-refractivity contribution >= 4 is 11.3 Å². The van der Waals surface area contributed by atoms with E-state index < -0.39 is 6.17 Å². The number of aryl methyl sites for hydroxylation is 1. The highest BCUT2D eigenvalue weighted by Gasteiger charge is 2.15. The fourth-order valence-electron chi connectivity index (χ4n) is 1.14. The van der Waals surface area contributed by atoms with Crippen LogP contribution in [0.5, 0.6) is 0 Å². The maximum atomic E-state index is 13.6. The summed E-state index contributed by atoms with van der Waals surface area (Å²) in [5, 5.41) is 5.05. The van der Waals surface area contributed by atoms with Crippen LogP contribution in [0, 0.1) is 6.92 Å². The van der Waals surface area contributed by atoms with E-state index in [1.165, 1.54) is 4.88 Å². The Hall–Kier alpha value is -0.410. The molecule has 0 saturated carbocycles. The minimum Gasteiger partial charge on any atom is -0.309 e. The Morgan fingerprint density at radius 1 is 1.50 bits per heavy atom. The molecule has 0 bridgehead atoms. The Bertz CT molecular complexity index is 288. The zero-order valence-corrected chi connectivity index (χ0v) is 10.0. The van der Waals surface area contributed by atoms with E-state index in [0.29, 0.717) is 6.54 Å². The summed E-state index contributed by atoms with van der Waals surface area (Å²) in [4.78, 5) is 1.17. The van der Waals surface area contributed by atoms with Crippen molar-refractivity contribution in [3.63, 3.8) is 0 Å². The molecule has 1 rings (SSSR count). The van der Waals surface area contributed by atoms with Crippen LogP contribution in [0.15, 0.2) is 11.4 Å². The van der Waals surface area contributed by atoms with Crippen LogP contribution in [0.4, 0.5) is 4.39 Å². The van der Waals surface area contributed by atoms with Gasteiger partial charge in [0, 0.05) is 17.0 Å². The highest BCUT2D eigenvalue weighted by molar-refractivity contribution is 7.10. The third-order valence-corrected chi connectivity index (χ3v) is 2.80. The molecular formula is C11H18FNS. The van der Waals surface area contributed by atoms with Gasteiger partial charge in [0.25, 0.3) is 0 Å². The number of hydrogen-bond acceptors (Lipinski definition) is 2. The lowest BCUT2D eigenvalue weighted by atomic mass is 10.1. The summed E-state index contributed by atoms with van der Waals surface area (Å²) in [6.07, 6.45) is -0.890. The van der Waals surface area contributed by atoms with Gasteiger partial charge in [-0.25, -0.2) is 4.39 Å². The second-order valence-corrected chi connectivity index (χ2v) is 5.70. The zero-order chi connectivity index (χ0) is 10.8. The van der Waals surface area contributed by atoms with Gasteiger partial charge in [-0.1, -0.05) is 0 Å². The summed E-state index contributed by atoms with van der Waals surface area (Å²) in [6.45, 7) is 8.51. The first-order valence-corrected chi connectivity index (χ1v) is 5.70. The van der Waals surface area contributed by atoms with Crippen molar-refractivity contribution in [3.8, 4) is 0 Å². The summed E-state index contributed by atoms with van der Waals surface area (Å²) in [7, 11) is 0. The average molecular weight is 215 g/mol. The first-order valence-electron chi connectivity index (χ1n) is 4.82. The highest BCUT2D eigenvalue weighted by atomic mass is 32.1. The van der Waals surface area contributed by atoms with E-state index >= 15 is 0 Å². The fraction of sp³-hybridized carbons (Fsp3) is 0.636. The molecule has 0 spiro atoms. The first kappa shape index (κ1) is 11.7. The Morgan fingerprint density at radius 3 is 2.57 bits per heavy atom. The topological polar surface area (TPSA) is 12.0 Å². The van der Waals surface area contributed by atoms with Gasteiger partial charge in [0.2, 0.25) is 0 Å². The van der Waals surface area contributed by atoms with Gasteiger partial charge in [-0.05, 0) is 44.7 Å². The van der Waals surface area contributed by atoms with Crippen molar-refractivity contribution in [2.75, 3.05) is 6.54 Å². The number of thiophene rings is 1. The van der Waals surface area contributed by atoms with Gasteiger partial charge in [-0.3, -0.25) is 0 Å². The van der Waals surface area contributed by atoms with Crippen molar-refractivity contribution in [2.45, 2.75) is 39.4 Å². The number of alkyl halides is 1. The molecule has 1 unspecified atom stereocenters. The highest BCUT2D eigenvalue weighted by Crippen LogP contribution is 2.23. The van der Waals surface area contributed by atoms with Crippen LogP contribution in [0.3, 0.4) is 0 Å². The standard InChI is InChI=1S/C11H18FNS/c1-8-5-9(7-14-8)10(12)6-13-11(2,3)4/h5,7,10,13H,6H2,1-4H3. The Balaban J connectivity index is 2.47. The van der Waals surface area contributed by atoms with Gasteiger partial charge in [-0.15, -0.1) is 11.3 Å². The molecule has 1 aromatic heterocycles. The summed E-state index contributed by atoms with van der Waals surface area (Å²) >= 11 is 1.60. The van der Waals surface area contributed by atoms with E-state index in [0.717, 1.165) is 5.56 Å². The van der Waals surface area contributed by atoms with Crippen molar-refractivity contribution in [1.82, 2.24) is 5.32 Å². The van der Waals surface area contributed by atoms with Crippen molar-refractivity contribution in [1.29, 1.82) is 0 Å². The lowest BCUT2D eigenvalue weighted by Gasteiger charge is -2.21. The van der Waals surface area contributed by atoms with Crippen LogP contribution in [0.2, 0.25) is 0 Å². The van der Waals surface area contributed by atoms with Crippen molar-refractivity contribution in [2.24, 2.45) is 0 Å². The molecule has 1 heterocycles. The predicted octanol–water partition coefficient (Wildman–Crippen LogP) is 3.46. The normalized spacial score (nSPS) is 14.4. The van der Waals surface area contributed by atoms with E-state index in [-0.39, 0.29) is 5.54 Å². The molecule has 80 valence electrons. The molecule has 0 saturated heterocycles. The molecule has 0 radical (unpaired) electrons. The van der Waals surface area contributed by atoms with Gasteiger partial charge in [0.1, 0.15) is 6.17 Å². The van der Waals surface area contributed by atoms with E-state index in [2.05, 4.69) is 5.32 Å². The Kier molecular flexibility index (Phi) is 3.67. The molecule has 0 aliphatic rings. The molecule has 14 heavy (non-hydrogen) atoms. The number of hydrogen-bond donors (Lipinski definition) is 1. The Morgan fingerprint density at radius 2 is 2.14 bits per heavy atom. The summed E-state index contributed by atoms with van der Waals surface area (Å²) in [5.41, 5.74) is 0.777. The van der Waals surface area contributed by atoms with Crippen LogP contribution in [0.1, 0.15) is 37.4 Å². The van der Waals surface area contributed by atoms with E-state index in [1.54, 1.807) is 11.3 Å². The molecule has 1 atom stereocenters. The van der Waals surface area contributed by atoms with Crippen LogP contribution >= 0.6 is 11.3 Å². The third-order valence-electron chi connectivity index (χ3n) is 1.92. The van der Waals surface area contributed by atoms with Crippen molar-refractivity contribution < 1.29 is 4.39 Å². The van der Waals surface area contributed by atoms with E-state index in [1.807, 2.05) is 39.1 Å². The van der Waals surface area contributed by atoms with Crippen LogP contribution < -0.4 is 5.32 Å². The zero-order valence-electron chi connectivity index (χ0n) is 9.23. The second-order valence-electron chi connectivity index (χ2n) is 4.59. The maximum absolute atomic E-state index is 13.6. The maximum Gasteiger partial charge on any atom is 0.138 e. The third kappa shape index (κ3) is 3.76. The fourth-order valence-corrected chi connectivity index (χ4v) is 1.88. The van der Waals surface area contributed by atoms with Gasteiger partial charge < -0.3 is 5.32 Å². The van der Waals surface area contributed by atoms with Gasteiger partial charge in [-0.2, -0.15) is 0 Å². The minimum atomic E-state index is -0.890. The van der Waals surface area contributed by atoms with Crippen molar-refractivity contribution in [3.05, 3.63) is 21.9 Å². The minimum absolute atomic E-state index is 0.0184. The number of nitrogens with one attached hydrogen (secondary N) is 1. The number of rotatable bonds is 3. The summed E-state index contributed by atoms with van der Waals surface area (Å²) in [6, 6.07) is 1.92. The average Bonchev–Trinajstić information content (AvgIpc) is 2.46. The molecular weight excluding hydrogens is 197 g/mol. The van der Waals surface area contributed by atoms with Crippen LogP contribution in [-0.2, 0) is 0 Å². The quantitative estimate of drug-likeness (QED) is 0.814. The molecule has 0 aliphatic carbocycles. The molecule has 1 aromatic rings. The monoisotopic (exact) mass is 215 g/mol. The SMILES string of the molecule is Cc1cc(C(F)CNC(C)(C)C)cs1. The van der Waals surface area contributed by atoms with Crippen LogP contribution in [-0.4, -0.2) is 12.1 Å². The second kappa shape index (κ2) is 4.41. The van der Waals surface area contributed by atoms with E-state index in [4.69, 9.17) is 0 Å². The molecule has 3 heteroatoms. The van der Waals surface area contributed by atoms with Gasteiger partial charge >= 0.3 is 0 Å². The summed E-state index contributed by atoms with van der Waals surface area (Å²) < 4.78 is 13.6. The number of halogens is 1. The smallest absolute Gasteiger partial charge is 0.138 e. The summed E-state index contributed by atoms with van der Waals surface area (Å²) in [5.74, 6) is 0. The lowest BCUT2D eigenvalue weighted by Crippen LogP contribution is -2.37. The molecule has 0 aromatic carbocycles. The molecule has 1 nitrogen and oxygen atoms in total. The van der Waals surface area contributed by atoms with Gasteiger partial charge in [0.05, 0.1) is 0 Å². The molecule has 1 N–H and O–H groups in total. The lowest BCUT2D eigenvalue weighted by molar-refractivity contribution is 0.292. The molecule has 0 aliphatic heterocycles.